The normalized spacial score (nSPS) is 16.3. The lowest BCUT2D eigenvalue weighted by Gasteiger charge is -2.13. The van der Waals surface area contributed by atoms with Crippen molar-refractivity contribution in [3.8, 4) is 0 Å². The lowest BCUT2D eigenvalue weighted by molar-refractivity contribution is 0.0424. The highest BCUT2D eigenvalue weighted by atomic mass is 127. The Kier molecular flexibility index (Phi) is 13.0. The monoisotopic (exact) mass is 545 g/mol. The molecule has 1 saturated heterocycles. The topological polar surface area (TPSA) is 68.0 Å². The SMILES string of the molecule is I.c1ccc(SCCNC(=NCCCOC2CCOC2)NCCc2ccco2)cc1. The van der Waals surface area contributed by atoms with E-state index in [9.17, 15) is 0 Å². The molecule has 2 aromatic rings. The van der Waals surface area contributed by atoms with Crippen LogP contribution in [0.2, 0.25) is 0 Å². The second-order valence-electron chi connectivity index (χ2n) is 6.78. The van der Waals surface area contributed by atoms with Crippen LogP contribution in [0.5, 0.6) is 0 Å². The van der Waals surface area contributed by atoms with Crippen LogP contribution in [0.3, 0.4) is 0 Å². The Morgan fingerprint density at radius 1 is 1.13 bits per heavy atom. The van der Waals surface area contributed by atoms with E-state index in [1.165, 1.54) is 4.90 Å². The van der Waals surface area contributed by atoms with Crippen molar-refractivity contribution in [2.24, 2.45) is 4.99 Å². The third kappa shape index (κ3) is 10.2. The number of hydrogen-bond acceptors (Lipinski definition) is 5. The molecule has 0 amide bonds. The summed E-state index contributed by atoms with van der Waals surface area (Å²) in [5.74, 6) is 2.80. The highest BCUT2D eigenvalue weighted by Gasteiger charge is 2.15. The molecule has 0 saturated carbocycles. The van der Waals surface area contributed by atoms with Crippen molar-refractivity contribution in [2.45, 2.75) is 30.3 Å². The van der Waals surface area contributed by atoms with Crippen LogP contribution in [0.4, 0.5) is 0 Å². The average molecular weight is 545 g/mol. The summed E-state index contributed by atoms with van der Waals surface area (Å²) in [5.41, 5.74) is 0. The van der Waals surface area contributed by atoms with E-state index in [-0.39, 0.29) is 30.1 Å². The van der Waals surface area contributed by atoms with Gasteiger partial charge in [-0.25, -0.2) is 0 Å². The summed E-state index contributed by atoms with van der Waals surface area (Å²) < 4.78 is 16.5. The van der Waals surface area contributed by atoms with E-state index in [1.54, 1.807) is 6.26 Å². The summed E-state index contributed by atoms with van der Waals surface area (Å²) in [4.78, 5) is 5.98. The first-order valence-electron chi connectivity index (χ1n) is 10.3. The minimum atomic E-state index is 0. The number of benzene rings is 1. The maximum Gasteiger partial charge on any atom is 0.191 e. The molecule has 1 aliphatic heterocycles. The highest BCUT2D eigenvalue weighted by molar-refractivity contribution is 14.0. The lowest BCUT2D eigenvalue weighted by Crippen LogP contribution is -2.39. The number of furan rings is 1. The van der Waals surface area contributed by atoms with Crippen molar-refractivity contribution >= 4 is 41.7 Å². The predicted molar refractivity (Wildman–Crippen MR) is 133 cm³/mol. The first-order valence-corrected chi connectivity index (χ1v) is 11.3. The molecule has 2 N–H and O–H groups in total. The summed E-state index contributed by atoms with van der Waals surface area (Å²) in [6.07, 6.45) is 4.71. The number of nitrogens with one attached hydrogen (secondary N) is 2. The maximum atomic E-state index is 5.81. The van der Waals surface area contributed by atoms with Gasteiger partial charge in [-0.2, -0.15) is 0 Å². The molecule has 8 heteroatoms. The summed E-state index contributed by atoms with van der Waals surface area (Å²) >= 11 is 1.84. The molecular formula is C22H32IN3O3S. The molecule has 30 heavy (non-hydrogen) atoms. The molecule has 2 heterocycles. The molecule has 1 aromatic carbocycles. The largest absolute Gasteiger partial charge is 0.469 e. The van der Waals surface area contributed by atoms with Gasteiger partial charge < -0.3 is 24.5 Å². The molecule has 3 rings (SSSR count). The fourth-order valence-corrected chi connectivity index (χ4v) is 3.73. The van der Waals surface area contributed by atoms with E-state index in [0.29, 0.717) is 0 Å². The highest BCUT2D eigenvalue weighted by Crippen LogP contribution is 2.15. The van der Waals surface area contributed by atoms with Gasteiger partial charge in [0.05, 0.1) is 19.0 Å². The molecular weight excluding hydrogens is 513 g/mol. The summed E-state index contributed by atoms with van der Waals surface area (Å²) in [7, 11) is 0. The Bertz CT molecular complexity index is 695. The van der Waals surface area contributed by atoms with E-state index in [2.05, 4.69) is 34.9 Å². The molecule has 1 aliphatic rings. The van der Waals surface area contributed by atoms with Gasteiger partial charge in [0.25, 0.3) is 0 Å². The van der Waals surface area contributed by atoms with Gasteiger partial charge in [-0.1, -0.05) is 18.2 Å². The van der Waals surface area contributed by atoms with E-state index in [4.69, 9.17) is 18.9 Å². The smallest absolute Gasteiger partial charge is 0.191 e. The van der Waals surface area contributed by atoms with Crippen LogP contribution in [-0.4, -0.2) is 57.3 Å². The number of hydrogen-bond donors (Lipinski definition) is 2. The number of halogens is 1. The van der Waals surface area contributed by atoms with Crippen LogP contribution in [0.1, 0.15) is 18.6 Å². The number of guanidine groups is 1. The van der Waals surface area contributed by atoms with Gasteiger partial charge in [-0.05, 0) is 37.1 Å². The van der Waals surface area contributed by atoms with Crippen LogP contribution in [0.25, 0.3) is 0 Å². The maximum absolute atomic E-state index is 5.81. The summed E-state index contributed by atoms with van der Waals surface area (Å²) in [6.45, 7) is 4.63. The second-order valence-corrected chi connectivity index (χ2v) is 7.95. The quantitative estimate of drug-likeness (QED) is 0.138. The number of aliphatic imine (C=N–C) groups is 1. The van der Waals surface area contributed by atoms with E-state index < -0.39 is 0 Å². The fourth-order valence-electron chi connectivity index (χ4n) is 2.94. The molecule has 0 bridgehead atoms. The van der Waals surface area contributed by atoms with Gasteiger partial charge >= 0.3 is 0 Å². The molecule has 166 valence electrons. The zero-order chi connectivity index (χ0) is 20.0. The first-order chi connectivity index (χ1) is 14.4. The fraction of sp³-hybridized carbons (Fsp3) is 0.500. The van der Waals surface area contributed by atoms with Crippen molar-refractivity contribution in [3.63, 3.8) is 0 Å². The molecule has 0 radical (unpaired) electrons. The first kappa shape index (κ1) is 25.0. The molecule has 1 fully saturated rings. The summed E-state index contributed by atoms with van der Waals surface area (Å²) in [5, 5.41) is 6.83. The summed E-state index contributed by atoms with van der Waals surface area (Å²) in [6, 6.07) is 14.4. The third-order valence-corrected chi connectivity index (χ3v) is 5.48. The average Bonchev–Trinajstić information content (AvgIpc) is 3.45. The lowest BCUT2D eigenvalue weighted by atomic mass is 10.3. The van der Waals surface area contributed by atoms with Gasteiger partial charge in [0.15, 0.2) is 5.96 Å². The van der Waals surface area contributed by atoms with Crippen LogP contribution < -0.4 is 10.6 Å². The van der Waals surface area contributed by atoms with E-state index >= 15 is 0 Å². The van der Waals surface area contributed by atoms with E-state index in [0.717, 1.165) is 76.2 Å². The van der Waals surface area contributed by atoms with Gasteiger partial charge in [-0.3, -0.25) is 4.99 Å². The molecule has 1 atom stereocenters. The van der Waals surface area contributed by atoms with Crippen molar-refractivity contribution < 1.29 is 13.9 Å². The number of ether oxygens (including phenoxy) is 2. The Hall–Kier alpha value is -1.23. The van der Waals surface area contributed by atoms with Crippen molar-refractivity contribution in [1.29, 1.82) is 0 Å². The van der Waals surface area contributed by atoms with Crippen LogP contribution in [-0.2, 0) is 15.9 Å². The third-order valence-electron chi connectivity index (χ3n) is 4.46. The Labute approximate surface area is 200 Å². The van der Waals surface area contributed by atoms with Gasteiger partial charge in [0.2, 0.25) is 0 Å². The molecule has 6 nitrogen and oxygen atoms in total. The van der Waals surface area contributed by atoms with Gasteiger partial charge in [0, 0.05) is 49.9 Å². The minimum absolute atomic E-state index is 0. The molecule has 1 aromatic heterocycles. The van der Waals surface area contributed by atoms with E-state index in [1.807, 2.05) is 30.0 Å². The Morgan fingerprint density at radius 3 is 2.77 bits per heavy atom. The molecule has 1 unspecified atom stereocenters. The standard InChI is InChI=1S/C22H31N3O3S.HI/c1-2-7-21(8-3-1)29-17-13-25-22(24-12-9-19-6-4-14-27-19)23-11-5-15-28-20-10-16-26-18-20;/h1-4,6-8,14,20H,5,9-13,15-18H2,(H2,23,24,25);1H. The predicted octanol–water partition coefficient (Wildman–Crippen LogP) is 3.96. The molecule has 0 spiro atoms. The second kappa shape index (κ2) is 15.6. The van der Waals surface area contributed by atoms with Crippen molar-refractivity contribution in [3.05, 3.63) is 54.5 Å². The number of rotatable bonds is 12. The van der Waals surface area contributed by atoms with Crippen LogP contribution in [0, 0.1) is 0 Å². The Balaban J connectivity index is 0.00000320. The minimum Gasteiger partial charge on any atom is -0.469 e. The Morgan fingerprint density at radius 2 is 2.00 bits per heavy atom. The van der Waals surface area contributed by atoms with Crippen molar-refractivity contribution in [1.82, 2.24) is 10.6 Å². The van der Waals surface area contributed by atoms with Crippen molar-refractivity contribution in [2.75, 3.05) is 45.2 Å². The zero-order valence-corrected chi connectivity index (χ0v) is 20.4. The molecule has 0 aliphatic carbocycles. The van der Waals surface area contributed by atoms with Crippen LogP contribution >= 0.6 is 35.7 Å². The zero-order valence-electron chi connectivity index (χ0n) is 17.3. The number of thioether (sulfide) groups is 1. The van der Waals surface area contributed by atoms with Gasteiger partial charge in [-0.15, -0.1) is 35.7 Å². The van der Waals surface area contributed by atoms with Crippen LogP contribution in [0.15, 0.2) is 63.0 Å². The van der Waals surface area contributed by atoms with Gasteiger partial charge in [0.1, 0.15) is 5.76 Å². The number of nitrogens with zero attached hydrogens (tertiary/aromatic N) is 1.